The van der Waals surface area contributed by atoms with E-state index in [-0.39, 0.29) is 0 Å². The maximum atomic E-state index is 9.13. The quantitative estimate of drug-likeness (QED) is 0.159. The molecule has 0 amide bonds. The second kappa shape index (κ2) is 14.2. The topological polar surface area (TPSA) is 66.8 Å². The highest BCUT2D eigenvalue weighted by Gasteiger charge is 2.15. The first-order chi connectivity index (χ1) is 25.6. The van der Waals surface area contributed by atoms with Gasteiger partial charge in [-0.05, 0) is 74.8 Å². The zero-order valence-corrected chi connectivity index (χ0v) is 28.0. The Bertz CT molecular complexity index is 2530. The third kappa shape index (κ3) is 6.71. The van der Waals surface area contributed by atoms with E-state index in [1.165, 1.54) is 0 Å². The second-order valence-electron chi connectivity index (χ2n) is 12.3. The van der Waals surface area contributed by atoms with Gasteiger partial charge in [-0.15, -0.1) is 0 Å². The molecular weight excluding hydrogens is 635 g/mol. The van der Waals surface area contributed by atoms with Crippen LogP contribution in [0, 0.1) is 17.9 Å². The van der Waals surface area contributed by atoms with Crippen molar-refractivity contribution in [2.75, 3.05) is 0 Å². The molecule has 8 aromatic rings. The number of hydrogen-bond donors (Lipinski definition) is 0. The molecule has 0 fully saturated rings. The van der Waals surface area contributed by atoms with Crippen molar-refractivity contribution in [2.24, 2.45) is 0 Å². The number of benzene rings is 7. The fourth-order valence-electron chi connectivity index (χ4n) is 6.20. The van der Waals surface area contributed by atoms with Crippen molar-refractivity contribution in [1.29, 1.82) is 5.26 Å². The Kier molecular flexibility index (Phi) is 8.66. The third-order valence-electron chi connectivity index (χ3n) is 9.00. The van der Waals surface area contributed by atoms with Crippen LogP contribution in [0.25, 0.3) is 83.5 Å². The van der Waals surface area contributed by atoms with Gasteiger partial charge in [-0.2, -0.15) is 5.26 Å². The number of nitrogens with zero attached hydrogens (tertiary/aromatic N) is 5. The molecule has 0 radical (unpaired) electrons. The summed E-state index contributed by atoms with van der Waals surface area (Å²) in [6, 6.07) is 60.9. The summed E-state index contributed by atoms with van der Waals surface area (Å²) >= 11 is 0. The average molecular weight is 664 g/mol. The molecule has 0 atom stereocenters. The van der Waals surface area contributed by atoms with E-state index >= 15 is 0 Å². The lowest BCUT2D eigenvalue weighted by molar-refractivity contribution is 1.07. The van der Waals surface area contributed by atoms with E-state index in [1.807, 2.05) is 109 Å². The molecule has 1 heterocycles. The van der Waals surface area contributed by atoms with E-state index in [4.69, 9.17) is 26.8 Å². The molecule has 0 aliphatic heterocycles. The molecule has 5 nitrogen and oxygen atoms in total. The van der Waals surface area contributed by atoms with Gasteiger partial charge >= 0.3 is 0 Å². The molecule has 0 aliphatic rings. The molecule has 0 spiro atoms. The van der Waals surface area contributed by atoms with Crippen molar-refractivity contribution in [2.45, 2.75) is 0 Å². The predicted octanol–water partition coefficient (Wildman–Crippen LogP) is 12.0. The molecule has 0 bridgehead atoms. The van der Waals surface area contributed by atoms with Crippen LogP contribution < -0.4 is 0 Å². The van der Waals surface area contributed by atoms with E-state index in [0.29, 0.717) is 28.7 Å². The molecule has 5 heteroatoms. The fourth-order valence-corrected chi connectivity index (χ4v) is 6.20. The van der Waals surface area contributed by atoms with Gasteiger partial charge in [-0.1, -0.05) is 146 Å². The minimum Gasteiger partial charge on any atom is -0.238 e. The largest absolute Gasteiger partial charge is 0.238 e. The van der Waals surface area contributed by atoms with Crippen LogP contribution in [0.15, 0.2) is 176 Å². The SMILES string of the molecule is [C-]#[N+]c1ccc(-c2cc(-c3ccc(-c4ccc(-c5ccc(C#N)cc5)cc4)cc3)cc(-c3nc(-c4ccccc4)nc(-c4ccccc4)n3)c2)cc1. The van der Waals surface area contributed by atoms with Crippen molar-refractivity contribution < 1.29 is 0 Å². The van der Waals surface area contributed by atoms with Gasteiger partial charge in [-0.3, -0.25) is 0 Å². The van der Waals surface area contributed by atoms with Crippen molar-refractivity contribution in [3.63, 3.8) is 0 Å². The van der Waals surface area contributed by atoms with Crippen molar-refractivity contribution in [3.05, 3.63) is 193 Å². The summed E-state index contributed by atoms with van der Waals surface area (Å²) in [5.74, 6) is 1.78. The molecular formula is C47H29N5. The van der Waals surface area contributed by atoms with E-state index in [2.05, 4.69) is 77.6 Å². The van der Waals surface area contributed by atoms with Gasteiger partial charge in [0.1, 0.15) is 0 Å². The Morgan fingerprint density at radius 3 is 1.08 bits per heavy atom. The van der Waals surface area contributed by atoms with E-state index in [9.17, 15) is 0 Å². The maximum Gasteiger partial charge on any atom is 0.187 e. The van der Waals surface area contributed by atoms with Gasteiger partial charge in [0.25, 0.3) is 0 Å². The molecule has 242 valence electrons. The molecule has 0 aliphatic carbocycles. The number of rotatable bonds is 7. The van der Waals surface area contributed by atoms with Gasteiger partial charge in [0.2, 0.25) is 0 Å². The van der Waals surface area contributed by atoms with Crippen LogP contribution in [0.5, 0.6) is 0 Å². The van der Waals surface area contributed by atoms with Gasteiger partial charge in [-0.25, -0.2) is 19.8 Å². The van der Waals surface area contributed by atoms with Gasteiger partial charge < -0.3 is 0 Å². The standard InChI is InChI=1S/C47H29N5/c1-49-44-26-24-38(25-27-44)42-28-41(37-22-20-36(21-23-37)35-18-16-34(17-19-35)33-14-12-32(31-48)13-15-33)29-43(30-42)47-51-45(39-8-4-2-5-9-39)50-46(52-47)40-10-6-3-7-11-40/h2-30H. The minimum atomic E-state index is 0.576. The number of nitriles is 1. The minimum absolute atomic E-state index is 0.576. The summed E-state index contributed by atoms with van der Waals surface area (Å²) in [5, 5.41) is 9.13. The highest BCUT2D eigenvalue weighted by molar-refractivity contribution is 5.82. The first kappa shape index (κ1) is 31.8. The Hall–Kier alpha value is -7.47. The normalized spacial score (nSPS) is 10.7. The Balaban J connectivity index is 1.20. The van der Waals surface area contributed by atoms with Gasteiger partial charge in [0.15, 0.2) is 23.2 Å². The summed E-state index contributed by atoms with van der Waals surface area (Å²) in [6.07, 6.45) is 0. The van der Waals surface area contributed by atoms with Crippen LogP contribution in [0.2, 0.25) is 0 Å². The van der Waals surface area contributed by atoms with Crippen LogP contribution in [-0.4, -0.2) is 15.0 Å². The molecule has 0 saturated heterocycles. The molecule has 8 rings (SSSR count). The summed E-state index contributed by atoms with van der Waals surface area (Å²) in [7, 11) is 0. The van der Waals surface area contributed by atoms with E-state index in [0.717, 1.165) is 61.2 Å². The molecule has 0 N–H and O–H groups in total. The average Bonchev–Trinajstić information content (AvgIpc) is 3.24. The smallest absolute Gasteiger partial charge is 0.187 e. The first-order valence-electron chi connectivity index (χ1n) is 16.9. The first-order valence-corrected chi connectivity index (χ1v) is 16.9. The Morgan fingerprint density at radius 1 is 0.365 bits per heavy atom. The predicted molar refractivity (Wildman–Crippen MR) is 209 cm³/mol. The summed E-state index contributed by atoms with van der Waals surface area (Å²) in [4.78, 5) is 18.5. The Morgan fingerprint density at radius 2 is 0.692 bits per heavy atom. The van der Waals surface area contributed by atoms with E-state index < -0.39 is 0 Å². The van der Waals surface area contributed by atoms with E-state index in [1.54, 1.807) is 0 Å². The van der Waals surface area contributed by atoms with Crippen molar-refractivity contribution >= 4 is 5.69 Å². The number of hydrogen-bond acceptors (Lipinski definition) is 4. The van der Waals surface area contributed by atoms with Crippen LogP contribution in [-0.2, 0) is 0 Å². The summed E-state index contributed by atoms with van der Waals surface area (Å²) in [6.45, 7) is 7.43. The molecule has 1 aromatic heterocycles. The zero-order valence-electron chi connectivity index (χ0n) is 28.0. The molecule has 7 aromatic carbocycles. The highest BCUT2D eigenvalue weighted by atomic mass is 15.0. The zero-order chi connectivity index (χ0) is 35.3. The molecule has 52 heavy (non-hydrogen) atoms. The lowest BCUT2D eigenvalue weighted by Gasteiger charge is -2.13. The molecule has 0 saturated carbocycles. The van der Waals surface area contributed by atoms with Crippen molar-refractivity contribution in [3.8, 4) is 84.7 Å². The lowest BCUT2D eigenvalue weighted by atomic mass is 9.94. The molecule has 0 unspecified atom stereocenters. The summed E-state index contributed by atoms with van der Waals surface area (Å²) in [5.41, 5.74) is 12.4. The lowest BCUT2D eigenvalue weighted by Crippen LogP contribution is -2.00. The summed E-state index contributed by atoms with van der Waals surface area (Å²) < 4.78 is 0. The van der Waals surface area contributed by atoms with Crippen LogP contribution in [0.1, 0.15) is 5.56 Å². The number of aromatic nitrogens is 3. The Labute approximate surface area is 302 Å². The van der Waals surface area contributed by atoms with Gasteiger partial charge in [0.05, 0.1) is 18.2 Å². The van der Waals surface area contributed by atoms with Crippen LogP contribution >= 0.6 is 0 Å². The third-order valence-corrected chi connectivity index (χ3v) is 9.00. The highest BCUT2D eigenvalue weighted by Crippen LogP contribution is 2.35. The van der Waals surface area contributed by atoms with Crippen LogP contribution in [0.3, 0.4) is 0 Å². The van der Waals surface area contributed by atoms with Crippen molar-refractivity contribution in [1.82, 2.24) is 15.0 Å². The fraction of sp³-hybridized carbons (Fsp3) is 0. The monoisotopic (exact) mass is 663 g/mol. The second-order valence-corrected chi connectivity index (χ2v) is 12.3. The van der Waals surface area contributed by atoms with Gasteiger partial charge in [0, 0.05) is 16.7 Å². The van der Waals surface area contributed by atoms with Crippen LogP contribution in [0.4, 0.5) is 5.69 Å². The maximum absolute atomic E-state index is 9.13.